The topological polar surface area (TPSA) is 30.7 Å². The molecule has 2 aromatic heterocycles. The molecule has 13 heavy (non-hydrogen) atoms. The Kier molecular flexibility index (Phi) is 2.02. The van der Waals surface area contributed by atoms with E-state index in [0.29, 0.717) is 5.02 Å². The van der Waals surface area contributed by atoms with Crippen LogP contribution in [0.1, 0.15) is 0 Å². The SMILES string of the molecule is Cn1cc(-c2cc(Cl)ccn2)cn1. The van der Waals surface area contributed by atoms with Gasteiger partial charge in [0.2, 0.25) is 0 Å². The molecule has 0 aromatic carbocycles. The number of rotatable bonds is 1. The largest absolute Gasteiger partial charge is 0.275 e. The fourth-order valence-electron chi connectivity index (χ4n) is 1.12. The third kappa shape index (κ3) is 1.70. The van der Waals surface area contributed by atoms with E-state index in [0.717, 1.165) is 11.3 Å². The lowest BCUT2D eigenvalue weighted by Crippen LogP contribution is -1.84. The lowest BCUT2D eigenvalue weighted by molar-refractivity contribution is 0.768. The van der Waals surface area contributed by atoms with Crippen LogP contribution in [0, 0.1) is 0 Å². The molecule has 0 fully saturated rings. The van der Waals surface area contributed by atoms with Crippen molar-refractivity contribution in [3.8, 4) is 11.3 Å². The highest BCUT2D eigenvalue weighted by Gasteiger charge is 2.01. The Bertz CT molecular complexity index is 422. The van der Waals surface area contributed by atoms with E-state index >= 15 is 0 Å². The Morgan fingerprint density at radius 3 is 2.92 bits per heavy atom. The summed E-state index contributed by atoms with van der Waals surface area (Å²) in [5.41, 5.74) is 1.82. The van der Waals surface area contributed by atoms with E-state index in [9.17, 15) is 0 Å². The van der Waals surface area contributed by atoms with E-state index in [1.807, 2.05) is 19.3 Å². The van der Waals surface area contributed by atoms with E-state index in [2.05, 4.69) is 10.1 Å². The monoisotopic (exact) mass is 193 g/mol. The van der Waals surface area contributed by atoms with Crippen molar-refractivity contribution in [2.45, 2.75) is 0 Å². The molecule has 0 unspecified atom stereocenters. The first-order chi connectivity index (χ1) is 6.25. The molecule has 2 aromatic rings. The van der Waals surface area contributed by atoms with Gasteiger partial charge in [0.1, 0.15) is 0 Å². The van der Waals surface area contributed by atoms with Crippen LogP contribution < -0.4 is 0 Å². The van der Waals surface area contributed by atoms with Crippen molar-refractivity contribution < 1.29 is 0 Å². The molecule has 0 aliphatic heterocycles. The molecule has 0 aliphatic carbocycles. The van der Waals surface area contributed by atoms with Gasteiger partial charge in [-0.3, -0.25) is 9.67 Å². The van der Waals surface area contributed by atoms with E-state index in [1.165, 1.54) is 0 Å². The first-order valence-electron chi connectivity index (χ1n) is 3.86. The molecule has 0 saturated carbocycles. The molecular formula is C9H8ClN3. The van der Waals surface area contributed by atoms with Gasteiger partial charge in [0.05, 0.1) is 11.9 Å². The fourth-order valence-corrected chi connectivity index (χ4v) is 1.28. The summed E-state index contributed by atoms with van der Waals surface area (Å²) in [7, 11) is 1.87. The molecule has 2 heterocycles. The van der Waals surface area contributed by atoms with Gasteiger partial charge in [0.15, 0.2) is 0 Å². The Balaban J connectivity index is 2.46. The van der Waals surface area contributed by atoms with Crippen LogP contribution in [-0.4, -0.2) is 14.8 Å². The standard InChI is InChI=1S/C9H8ClN3/c1-13-6-7(5-12-13)9-4-8(10)2-3-11-9/h2-6H,1H3. The summed E-state index contributed by atoms with van der Waals surface area (Å²) in [6.45, 7) is 0. The van der Waals surface area contributed by atoms with Crippen molar-refractivity contribution >= 4 is 11.6 Å². The maximum atomic E-state index is 5.83. The normalized spacial score (nSPS) is 10.3. The first-order valence-corrected chi connectivity index (χ1v) is 4.24. The number of halogens is 1. The van der Waals surface area contributed by atoms with Crippen molar-refractivity contribution in [2.24, 2.45) is 7.05 Å². The molecule has 0 radical (unpaired) electrons. The zero-order valence-electron chi connectivity index (χ0n) is 7.11. The van der Waals surface area contributed by atoms with E-state index < -0.39 is 0 Å². The second-order valence-electron chi connectivity index (χ2n) is 2.76. The van der Waals surface area contributed by atoms with Gasteiger partial charge in [0.25, 0.3) is 0 Å². The first kappa shape index (κ1) is 8.26. The molecule has 0 atom stereocenters. The van der Waals surface area contributed by atoms with Crippen LogP contribution in [0.2, 0.25) is 5.02 Å². The molecule has 2 rings (SSSR count). The Morgan fingerprint density at radius 2 is 2.31 bits per heavy atom. The van der Waals surface area contributed by atoms with E-state index in [-0.39, 0.29) is 0 Å². The van der Waals surface area contributed by atoms with E-state index in [1.54, 1.807) is 23.1 Å². The van der Waals surface area contributed by atoms with Crippen LogP contribution in [0.3, 0.4) is 0 Å². The number of pyridine rings is 1. The zero-order chi connectivity index (χ0) is 9.26. The zero-order valence-corrected chi connectivity index (χ0v) is 7.86. The quantitative estimate of drug-likeness (QED) is 0.695. The van der Waals surface area contributed by atoms with Crippen molar-refractivity contribution in [3.63, 3.8) is 0 Å². The predicted octanol–water partition coefficient (Wildman–Crippen LogP) is 2.14. The number of aromatic nitrogens is 3. The van der Waals surface area contributed by atoms with Gasteiger partial charge < -0.3 is 0 Å². The second-order valence-corrected chi connectivity index (χ2v) is 3.20. The lowest BCUT2D eigenvalue weighted by Gasteiger charge is -1.95. The Morgan fingerprint density at radius 1 is 1.46 bits per heavy atom. The maximum Gasteiger partial charge on any atom is 0.0748 e. The molecule has 66 valence electrons. The lowest BCUT2D eigenvalue weighted by atomic mass is 10.2. The smallest absolute Gasteiger partial charge is 0.0748 e. The van der Waals surface area contributed by atoms with Crippen LogP contribution in [0.5, 0.6) is 0 Å². The van der Waals surface area contributed by atoms with Gasteiger partial charge in [0, 0.05) is 30.0 Å². The summed E-state index contributed by atoms with van der Waals surface area (Å²) in [6.07, 6.45) is 5.35. The van der Waals surface area contributed by atoms with Gasteiger partial charge >= 0.3 is 0 Å². The van der Waals surface area contributed by atoms with Crippen molar-refractivity contribution in [3.05, 3.63) is 35.7 Å². The highest BCUT2D eigenvalue weighted by atomic mass is 35.5. The molecular weight excluding hydrogens is 186 g/mol. The minimum atomic E-state index is 0.689. The number of hydrogen-bond donors (Lipinski definition) is 0. The molecule has 4 heteroatoms. The number of hydrogen-bond acceptors (Lipinski definition) is 2. The van der Waals surface area contributed by atoms with Gasteiger partial charge in [-0.2, -0.15) is 5.10 Å². The summed E-state index contributed by atoms with van der Waals surface area (Å²) in [5.74, 6) is 0. The number of nitrogens with zero attached hydrogens (tertiary/aromatic N) is 3. The second kappa shape index (κ2) is 3.18. The number of aryl methyl sites for hydroxylation is 1. The molecule has 0 amide bonds. The fraction of sp³-hybridized carbons (Fsp3) is 0.111. The average Bonchev–Trinajstić information content (AvgIpc) is 2.52. The third-order valence-electron chi connectivity index (χ3n) is 1.72. The van der Waals surface area contributed by atoms with Crippen molar-refractivity contribution in [1.29, 1.82) is 0 Å². The molecule has 3 nitrogen and oxygen atoms in total. The Labute approximate surface area is 81.0 Å². The van der Waals surface area contributed by atoms with Crippen LogP contribution in [0.25, 0.3) is 11.3 Å². The highest BCUT2D eigenvalue weighted by Crippen LogP contribution is 2.18. The molecule has 0 saturated heterocycles. The van der Waals surface area contributed by atoms with Gasteiger partial charge in [-0.25, -0.2) is 0 Å². The van der Waals surface area contributed by atoms with Gasteiger partial charge in [-0.05, 0) is 12.1 Å². The Hall–Kier alpha value is -1.35. The third-order valence-corrected chi connectivity index (χ3v) is 1.96. The average molecular weight is 194 g/mol. The van der Waals surface area contributed by atoms with Crippen LogP contribution >= 0.6 is 11.6 Å². The summed E-state index contributed by atoms with van der Waals surface area (Å²) >= 11 is 5.83. The van der Waals surface area contributed by atoms with Gasteiger partial charge in [-0.15, -0.1) is 0 Å². The van der Waals surface area contributed by atoms with Crippen LogP contribution in [0.15, 0.2) is 30.7 Å². The molecule has 0 N–H and O–H groups in total. The predicted molar refractivity (Wildman–Crippen MR) is 51.4 cm³/mol. The summed E-state index contributed by atoms with van der Waals surface area (Å²) in [5, 5.41) is 4.75. The summed E-state index contributed by atoms with van der Waals surface area (Å²) in [4.78, 5) is 4.19. The highest BCUT2D eigenvalue weighted by molar-refractivity contribution is 6.30. The summed E-state index contributed by atoms with van der Waals surface area (Å²) < 4.78 is 1.73. The van der Waals surface area contributed by atoms with Crippen molar-refractivity contribution in [1.82, 2.24) is 14.8 Å². The van der Waals surface area contributed by atoms with Crippen LogP contribution in [0.4, 0.5) is 0 Å². The van der Waals surface area contributed by atoms with Crippen molar-refractivity contribution in [2.75, 3.05) is 0 Å². The van der Waals surface area contributed by atoms with Gasteiger partial charge in [-0.1, -0.05) is 11.6 Å². The molecule has 0 aliphatic rings. The molecule has 0 spiro atoms. The minimum Gasteiger partial charge on any atom is -0.275 e. The molecule has 0 bridgehead atoms. The maximum absolute atomic E-state index is 5.83. The van der Waals surface area contributed by atoms with Crippen LogP contribution in [-0.2, 0) is 7.05 Å². The summed E-state index contributed by atoms with van der Waals surface area (Å²) in [6, 6.07) is 3.57. The minimum absolute atomic E-state index is 0.689. The van der Waals surface area contributed by atoms with E-state index in [4.69, 9.17) is 11.6 Å².